The van der Waals surface area contributed by atoms with Crippen molar-refractivity contribution in [1.82, 2.24) is 0 Å². The van der Waals surface area contributed by atoms with E-state index in [1.165, 1.54) is 0 Å². The summed E-state index contributed by atoms with van der Waals surface area (Å²) in [6.07, 6.45) is 0. The van der Waals surface area contributed by atoms with E-state index in [0.29, 0.717) is 16.8 Å². The van der Waals surface area contributed by atoms with Gasteiger partial charge >= 0.3 is 0 Å². The fourth-order valence-electron chi connectivity index (χ4n) is 1.96. The number of nitrogens with two attached hydrogens (primary N) is 1. The lowest BCUT2D eigenvalue weighted by molar-refractivity contribution is 0.103. The van der Waals surface area contributed by atoms with Gasteiger partial charge in [-0.05, 0) is 61.4 Å². The van der Waals surface area contributed by atoms with Crippen molar-refractivity contribution in [3.05, 3.63) is 63.1 Å². The Hall–Kier alpha value is -1.61. The lowest BCUT2D eigenvalue weighted by atomic mass is 9.98. The smallest absolute Gasteiger partial charge is 0.193 e. The highest BCUT2D eigenvalue weighted by Crippen LogP contribution is 2.21. The molecule has 0 aliphatic carbocycles. The molecule has 0 radical (unpaired) electrons. The molecule has 0 amide bonds. The molecule has 0 saturated carbocycles. The van der Waals surface area contributed by atoms with Gasteiger partial charge in [-0.1, -0.05) is 15.9 Å². The van der Waals surface area contributed by atoms with E-state index < -0.39 is 0 Å². The van der Waals surface area contributed by atoms with Gasteiger partial charge in [-0.3, -0.25) is 4.79 Å². The maximum Gasteiger partial charge on any atom is 0.193 e. The van der Waals surface area contributed by atoms with Crippen LogP contribution in [0.15, 0.2) is 40.9 Å². The molecule has 3 heteroatoms. The Morgan fingerprint density at radius 3 is 2.44 bits per heavy atom. The van der Waals surface area contributed by atoms with Gasteiger partial charge in [0.2, 0.25) is 0 Å². The molecular weight excluding hydrogens is 290 g/mol. The van der Waals surface area contributed by atoms with Gasteiger partial charge < -0.3 is 5.73 Å². The van der Waals surface area contributed by atoms with Crippen LogP contribution in [-0.4, -0.2) is 5.78 Å². The third-order valence-electron chi connectivity index (χ3n) is 2.80. The lowest BCUT2D eigenvalue weighted by Gasteiger charge is -2.07. The monoisotopic (exact) mass is 303 g/mol. The Morgan fingerprint density at radius 2 is 1.83 bits per heavy atom. The van der Waals surface area contributed by atoms with Crippen molar-refractivity contribution in [2.75, 3.05) is 5.73 Å². The number of hydrogen-bond donors (Lipinski definition) is 1. The zero-order chi connectivity index (χ0) is 13.3. The van der Waals surface area contributed by atoms with Crippen LogP contribution < -0.4 is 5.73 Å². The van der Waals surface area contributed by atoms with Crippen molar-refractivity contribution in [1.29, 1.82) is 0 Å². The first-order chi connectivity index (χ1) is 8.47. The van der Waals surface area contributed by atoms with Gasteiger partial charge in [0.1, 0.15) is 0 Å². The van der Waals surface area contributed by atoms with Gasteiger partial charge in [0, 0.05) is 21.3 Å². The summed E-state index contributed by atoms with van der Waals surface area (Å²) in [5, 5.41) is 0. The molecule has 0 unspecified atom stereocenters. The third kappa shape index (κ3) is 2.62. The number of rotatable bonds is 2. The average Bonchev–Trinajstić information content (AvgIpc) is 2.26. The maximum atomic E-state index is 12.4. The molecule has 2 aromatic rings. The van der Waals surface area contributed by atoms with Gasteiger partial charge in [0.25, 0.3) is 0 Å². The predicted molar refractivity (Wildman–Crippen MR) is 77.9 cm³/mol. The Morgan fingerprint density at radius 1 is 1.11 bits per heavy atom. The minimum Gasteiger partial charge on any atom is -0.399 e. The molecule has 0 heterocycles. The van der Waals surface area contributed by atoms with E-state index in [4.69, 9.17) is 5.73 Å². The van der Waals surface area contributed by atoms with Gasteiger partial charge in [0.15, 0.2) is 5.78 Å². The second kappa shape index (κ2) is 4.94. The van der Waals surface area contributed by atoms with Gasteiger partial charge in [0.05, 0.1) is 0 Å². The Labute approximate surface area is 115 Å². The van der Waals surface area contributed by atoms with Gasteiger partial charge in [-0.25, -0.2) is 0 Å². The van der Waals surface area contributed by atoms with Crippen LogP contribution in [-0.2, 0) is 0 Å². The summed E-state index contributed by atoms with van der Waals surface area (Å²) in [5.74, 6) is 0.0249. The standard InChI is InChI=1S/C15H14BrNO/c1-9-5-11(8-12(16)6-9)15(18)14-4-3-13(17)7-10(14)2/h3-8H,17H2,1-2H3. The third-order valence-corrected chi connectivity index (χ3v) is 3.26. The van der Waals surface area contributed by atoms with E-state index in [1.807, 2.05) is 38.1 Å². The van der Waals surface area contributed by atoms with Crippen LogP contribution in [0.2, 0.25) is 0 Å². The molecule has 0 aliphatic heterocycles. The summed E-state index contributed by atoms with van der Waals surface area (Å²) in [5.41, 5.74) is 9.71. The van der Waals surface area contributed by atoms with Crippen LogP contribution in [0.4, 0.5) is 5.69 Å². The number of benzene rings is 2. The second-order valence-corrected chi connectivity index (χ2v) is 5.34. The number of halogens is 1. The van der Waals surface area contributed by atoms with E-state index in [2.05, 4.69) is 15.9 Å². The molecule has 0 spiro atoms. The second-order valence-electron chi connectivity index (χ2n) is 4.42. The summed E-state index contributed by atoms with van der Waals surface area (Å²) in [4.78, 5) is 12.4. The quantitative estimate of drug-likeness (QED) is 0.676. The molecule has 0 saturated heterocycles. The number of anilines is 1. The number of ketones is 1. The minimum absolute atomic E-state index is 0.0249. The summed E-state index contributed by atoms with van der Waals surface area (Å²) < 4.78 is 0.916. The summed E-state index contributed by atoms with van der Waals surface area (Å²) in [6, 6.07) is 11.1. The molecule has 0 bridgehead atoms. The van der Waals surface area contributed by atoms with Gasteiger partial charge in [-0.2, -0.15) is 0 Å². The van der Waals surface area contributed by atoms with E-state index in [-0.39, 0.29) is 5.78 Å². The molecule has 0 aliphatic rings. The Bertz CT molecular complexity index is 600. The van der Waals surface area contributed by atoms with E-state index >= 15 is 0 Å². The number of nitrogen functional groups attached to an aromatic ring is 1. The Kier molecular flexibility index (Phi) is 3.53. The zero-order valence-corrected chi connectivity index (χ0v) is 11.9. The summed E-state index contributed by atoms with van der Waals surface area (Å²) >= 11 is 3.41. The molecule has 0 atom stereocenters. The van der Waals surface area contributed by atoms with Crippen LogP contribution in [0, 0.1) is 13.8 Å². The van der Waals surface area contributed by atoms with E-state index in [9.17, 15) is 4.79 Å². The van der Waals surface area contributed by atoms with E-state index in [0.717, 1.165) is 15.6 Å². The fraction of sp³-hybridized carbons (Fsp3) is 0.133. The number of hydrogen-bond acceptors (Lipinski definition) is 2. The number of carbonyl (C=O) groups is 1. The average molecular weight is 304 g/mol. The van der Waals surface area contributed by atoms with Crippen molar-refractivity contribution < 1.29 is 4.79 Å². The Balaban J connectivity index is 2.47. The highest BCUT2D eigenvalue weighted by atomic mass is 79.9. The molecule has 0 aromatic heterocycles. The van der Waals surface area contributed by atoms with Crippen LogP contribution in [0.3, 0.4) is 0 Å². The van der Waals surface area contributed by atoms with Crippen LogP contribution in [0.1, 0.15) is 27.0 Å². The lowest BCUT2D eigenvalue weighted by Crippen LogP contribution is -2.04. The van der Waals surface area contributed by atoms with Crippen molar-refractivity contribution in [3.63, 3.8) is 0 Å². The van der Waals surface area contributed by atoms with Crippen molar-refractivity contribution in [2.24, 2.45) is 0 Å². The molecule has 18 heavy (non-hydrogen) atoms. The number of carbonyl (C=O) groups excluding carboxylic acids is 1. The highest BCUT2D eigenvalue weighted by Gasteiger charge is 2.12. The van der Waals surface area contributed by atoms with Gasteiger partial charge in [-0.15, -0.1) is 0 Å². The largest absolute Gasteiger partial charge is 0.399 e. The van der Waals surface area contributed by atoms with E-state index in [1.54, 1.807) is 12.1 Å². The highest BCUT2D eigenvalue weighted by molar-refractivity contribution is 9.10. The predicted octanol–water partition coefficient (Wildman–Crippen LogP) is 3.88. The molecule has 2 N–H and O–H groups in total. The number of aryl methyl sites for hydroxylation is 2. The van der Waals surface area contributed by atoms with Crippen LogP contribution in [0.5, 0.6) is 0 Å². The molecule has 2 aromatic carbocycles. The first-order valence-electron chi connectivity index (χ1n) is 5.65. The minimum atomic E-state index is 0.0249. The summed E-state index contributed by atoms with van der Waals surface area (Å²) in [6.45, 7) is 3.87. The SMILES string of the molecule is Cc1cc(Br)cc(C(=O)c2ccc(N)cc2C)c1. The van der Waals surface area contributed by atoms with Crippen LogP contribution >= 0.6 is 15.9 Å². The summed E-state index contributed by atoms with van der Waals surface area (Å²) in [7, 11) is 0. The molecular formula is C15H14BrNO. The van der Waals surface area contributed by atoms with Crippen molar-refractivity contribution in [2.45, 2.75) is 13.8 Å². The van der Waals surface area contributed by atoms with Crippen LogP contribution in [0.25, 0.3) is 0 Å². The first-order valence-corrected chi connectivity index (χ1v) is 6.44. The molecule has 2 nitrogen and oxygen atoms in total. The molecule has 0 fully saturated rings. The van der Waals surface area contributed by atoms with Crippen molar-refractivity contribution >= 4 is 27.4 Å². The van der Waals surface area contributed by atoms with Crippen molar-refractivity contribution in [3.8, 4) is 0 Å². The normalized spacial score (nSPS) is 10.4. The molecule has 2 rings (SSSR count). The molecule has 92 valence electrons. The maximum absolute atomic E-state index is 12.4. The topological polar surface area (TPSA) is 43.1 Å². The zero-order valence-electron chi connectivity index (χ0n) is 10.3. The fourth-order valence-corrected chi connectivity index (χ4v) is 2.57. The first kappa shape index (κ1) is 12.8.